The fourth-order valence-electron chi connectivity index (χ4n) is 2.78. The van der Waals surface area contributed by atoms with Crippen molar-refractivity contribution in [1.82, 2.24) is 0 Å². The third-order valence-electron chi connectivity index (χ3n) is 3.84. The Bertz CT molecular complexity index is 595. The maximum Gasteiger partial charge on any atom is 0.492 e. The number of fused-ring (bicyclic) bond motifs is 1. The summed E-state index contributed by atoms with van der Waals surface area (Å²) < 4.78 is 5.52. The van der Waals surface area contributed by atoms with Gasteiger partial charge in [0.2, 0.25) is 5.91 Å². The van der Waals surface area contributed by atoms with E-state index in [1.165, 1.54) is 0 Å². The van der Waals surface area contributed by atoms with E-state index < -0.39 is 12.7 Å². The maximum absolute atomic E-state index is 12.0. The molecular formula is C15H18BNO3S. The Morgan fingerprint density at radius 2 is 2.38 bits per heavy atom. The number of carbonyl (C=O) groups is 1. The number of benzene rings is 1. The average Bonchev–Trinajstić information content (AvgIpc) is 2.97. The number of rotatable bonds is 3. The highest BCUT2D eigenvalue weighted by atomic mass is 32.2. The molecule has 0 saturated carbocycles. The summed E-state index contributed by atoms with van der Waals surface area (Å²) in [6.45, 7) is 3.84. The minimum Gasteiger partial charge on any atom is -0.423 e. The lowest BCUT2D eigenvalue weighted by Gasteiger charge is -2.19. The Hall–Kier alpha value is -1.24. The SMILES string of the molecule is CC1(C)OB(O)c2cc(NC(=O)CC3CC=CS3)ccc21. The molecule has 3 rings (SSSR count). The van der Waals surface area contributed by atoms with Crippen LogP contribution in [-0.2, 0) is 15.0 Å². The molecule has 0 bridgehead atoms. The standard InChI is InChI=1S/C15H18BNO3S/c1-15(2)12-6-5-10(8-13(12)16(19)20-15)17-14(18)9-11-4-3-7-21-11/h3,5-8,11,19H,4,9H2,1-2H3,(H,17,18). The molecule has 1 unspecified atom stereocenters. The molecule has 1 aromatic rings. The minimum atomic E-state index is -0.929. The quantitative estimate of drug-likeness (QED) is 0.839. The molecule has 0 saturated heterocycles. The van der Waals surface area contributed by atoms with Gasteiger partial charge in [0.15, 0.2) is 0 Å². The predicted molar refractivity (Wildman–Crippen MR) is 86.5 cm³/mol. The van der Waals surface area contributed by atoms with Crippen molar-refractivity contribution in [3.8, 4) is 0 Å². The van der Waals surface area contributed by atoms with E-state index in [2.05, 4.69) is 11.4 Å². The average molecular weight is 303 g/mol. The van der Waals surface area contributed by atoms with Gasteiger partial charge in [-0.15, -0.1) is 11.8 Å². The van der Waals surface area contributed by atoms with Crippen LogP contribution in [0.5, 0.6) is 0 Å². The van der Waals surface area contributed by atoms with Crippen molar-refractivity contribution in [3.63, 3.8) is 0 Å². The van der Waals surface area contributed by atoms with E-state index in [0.29, 0.717) is 17.4 Å². The van der Waals surface area contributed by atoms with E-state index >= 15 is 0 Å². The number of allylic oxidation sites excluding steroid dienone is 1. The predicted octanol–water partition coefficient (Wildman–Crippen LogP) is 1.99. The molecule has 2 aliphatic heterocycles. The van der Waals surface area contributed by atoms with Gasteiger partial charge in [-0.1, -0.05) is 12.1 Å². The first-order valence-corrected chi connectivity index (χ1v) is 8.00. The number of amides is 1. The van der Waals surface area contributed by atoms with E-state index in [-0.39, 0.29) is 5.91 Å². The summed E-state index contributed by atoms with van der Waals surface area (Å²) >= 11 is 1.70. The number of anilines is 1. The Labute approximate surface area is 129 Å². The molecule has 2 heterocycles. The summed E-state index contributed by atoms with van der Waals surface area (Å²) in [5.41, 5.74) is 1.90. The van der Waals surface area contributed by atoms with Crippen LogP contribution in [0.15, 0.2) is 29.7 Å². The van der Waals surface area contributed by atoms with Gasteiger partial charge in [-0.3, -0.25) is 4.79 Å². The smallest absolute Gasteiger partial charge is 0.423 e. The van der Waals surface area contributed by atoms with Crippen LogP contribution in [0, 0.1) is 0 Å². The molecule has 2 aliphatic rings. The highest BCUT2D eigenvalue weighted by Gasteiger charge is 2.40. The molecule has 0 aliphatic carbocycles. The lowest BCUT2D eigenvalue weighted by Crippen LogP contribution is -2.29. The molecule has 110 valence electrons. The molecule has 0 fully saturated rings. The topological polar surface area (TPSA) is 58.6 Å². The first-order chi connectivity index (χ1) is 9.95. The lowest BCUT2D eigenvalue weighted by atomic mass is 9.78. The van der Waals surface area contributed by atoms with Crippen molar-refractivity contribution in [1.29, 1.82) is 0 Å². The van der Waals surface area contributed by atoms with Gasteiger partial charge in [-0.25, -0.2) is 0 Å². The summed E-state index contributed by atoms with van der Waals surface area (Å²) in [5.74, 6) is 0.00353. The normalized spacial score (nSPS) is 22.4. The van der Waals surface area contributed by atoms with Gasteiger partial charge in [-0.05, 0) is 48.8 Å². The van der Waals surface area contributed by atoms with Crippen LogP contribution in [0.4, 0.5) is 5.69 Å². The minimum absolute atomic E-state index is 0.00353. The largest absolute Gasteiger partial charge is 0.492 e. The zero-order valence-corrected chi connectivity index (χ0v) is 12.9. The summed E-state index contributed by atoms with van der Waals surface area (Å²) in [6.07, 6.45) is 3.54. The van der Waals surface area contributed by atoms with E-state index in [9.17, 15) is 9.82 Å². The second-order valence-electron chi connectivity index (χ2n) is 5.90. The van der Waals surface area contributed by atoms with Crippen molar-refractivity contribution in [2.24, 2.45) is 0 Å². The van der Waals surface area contributed by atoms with Crippen LogP contribution in [0.1, 0.15) is 32.3 Å². The highest BCUT2D eigenvalue weighted by Crippen LogP contribution is 2.31. The van der Waals surface area contributed by atoms with Gasteiger partial charge in [0, 0.05) is 17.4 Å². The first kappa shape index (κ1) is 14.7. The fraction of sp³-hybridized carbons (Fsp3) is 0.400. The van der Waals surface area contributed by atoms with Gasteiger partial charge in [0.1, 0.15) is 0 Å². The van der Waals surface area contributed by atoms with E-state index in [0.717, 1.165) is 17.4 Å². The van der Waals surface area contributed by atoms with Crippen LogP contribution in [0.3, 0.4) is 0 Å². The van der Waals surface area contributed by atoms with Crippen molar-refractivity contribution >= 4 is 35.9 Å². The van der Waals surface area contributed by atoms with Gasteiger partial charge >= 0.3 is 7.12 Å². The summed E-state index contributed by atoms with van der Waals surface area (Å²) in [6, 6.07) is 5.57. The summed E-state index contributed by atoms with van der Waals surface area (Å²) in [4.78, 5) is 12.0. The maximum atomic E-state index is 12.0. The first-order valence-electron chi connectivity index (χ1n) is 7.06. The number of hydrogen-bond acceptors (Lipinski definition) is 4. The zero-order valence-electron chi connectivity index (χ0n) is 12.1. The van der Waals surface area contributed by atoms with Gasteiger partial charge in [-0.2, -0.15) is 0 Å². The Kier molecular flexibility index (Phi) is 3.86. The van der Waals surface area contributed by atoms with Crippen LogP contribution in [0.2, 0.25) is 0 Å². The Balaban J connectivity index is 1.70. The lowest BCUT2D eigenvalue weighted by molar-refractivity contribution is -0.116. The van der Waals surface area contributed by atoms with Crippen LogP contribution >= 0.6 is 11.8 Å². The summed E-state index contributed by atoms with van der Waals surface area (Å²) in [7, 11) is -0.929. The fourth-order valence-corrected chi connectivity index (χ4v) is 3.69. The van der Waals surface area contributed by atoms with Crippen molar-refractivity contribution in [2.45, 2.75) is 37.5 Å². The van der Waals surface area contributed by atoms with Crippen molar-refractivity contribution in [2.75, 3.05) is 5.32 Å². The molecule has 0 aromatic heterocycles. The van der Waals surface area contributed by atoms with Gasteiger partial charge < -0.3 is 15.0 Å². The molecule has 4 nitrogen and oxygen atoms in total. The van der Waals surface area contributed by atoms with E-state index in [1.807, 2.05) is 31.4 Å². The molecule has 0 radical (unpaired) electrons. The van der Waals surface area contributed by atoms with Crippen LogP contribution in [-0.4, -0.2) is 23.3 Å². The molecule has 6 heteroatoms. The Morgan fingerprint density at radius 3 is 3.10 bits per heavy atom. The molecule has 1 atom stereocenters. The number of nitrogens with one attached hydrogen (secondary N) is 1. The molecule has 1 aromatic carbocycles. The molecule has 1 amide bonds. The molecule has 0 spiro atoms. The van der Waals surface area contributed by atoms with Crippen molar-refractivity contribution in [3.05, 3.63) is 35.2 Å². The molecule has 21 heavy (non-hydrogen) atoms. The number of carbonyl (C=O) groups excluding carboxylic acids is 1. The number of hydrogen-bond donors (Lipinski definition) is 2. The highest BCUT2D eigenvalue weighted by molar-refractivity contribution is 8.03. The molecular weight excluding hydrogens is 285 g/mol. The zero-order chi connectivity index (χ0) is 15.0. The second kappa shape index (κ2) is 5.52. The van der Waals surface area contributed by atoms with Gasteiger partial charge in [0.25, 0.3) is 0 Å². The monoisotopic (exact) mass is 303 g/mol. The van der Waals surface area contributed by atoms with Gasteiger partial charge in [0.05, 0.1) is 5.60 Å². The van der Waals surface area contributed by atoms with E-state index in [4.69, 9.17) is 4.65 Å². The second-order valence-corrected chi connectivity index (χ2v) is 7.11. The van der Waals surface area contributed by atoms with E-state index in [1.54, 1.807) is 17.8 Å². The Morgan fingerprint density at radius 1 is 1.57 bits per heavy atom. The third-order valence-corrected chi connectivity index (χ3v) is 4.93. The van der Waals surface area contributed by atoms with Crippen LogP contribution in [0.25, 0.3) is 0 Å². The van der Waals surface area contributed by atoms with Crippen LogP contribution < -0.4 is 10.8 Å². The van der Waals surface area contributed by atoms with Crippen molar-refractivity contribution < 1.29 is 14.5 Å². The number of thioether (sulfide) groups is 1. The third kappa shape index (κ3) is 3.02. The molecule has 2 N–H and O–H groups in total. The summed E-state index contributed by atoms with van der Waals surface area (Å²) in [5, 5.41) is 15.2.